The summed E-state index contributed by atoms with van der Waals surface area (Å²) in [6.45, 7) is 3.33. The molecule has 2 aromatic rings. The van der Waals surface area contributed by atoms with Gasteiger partial charge in [-0.05, 0) is 49.1 Å². The van der Waals surface area contributed by atoms with E-state index in [0.29, 0.717) is 6.04 Å². The Morgan fingerprint density at radius 3 is 3.00 bits per heavy atom. The number of pyridine rings is 1. The van der Waals surface area contributed by atoms with Crippen LogP contribution in [0, 0.1) is 5.92 Å². The molecule has 1 heterocycles. The van der Waals surface area contributed by atoms with Crippen molar-refractivity contribution in [2.45, 2.75) is 38.6 Å². The number of hydrogen-bond acceptors (Lipinski definition) is 2. The van der Waals surface area contributed by atoms with Crippen LogP contribution in [0.2, 0.25) is 0 Å². The van der Waals surface area contributed by atoms with Crippen molar-refractivity contribution in [1.29, 1.82) is 0 Å². The third-order valence-electron chi connectivity index (χ3n) is 3.94. The first-order chi connectivity index (χ1) is 9.36. The maximum atomic E-state index is 4.40. The number of aromatic nitrogens is 1. The van der Waals surface area contributed by atoms with Crippen molar-refractivity contribution in [2.75, 3.05) is 6.54 Å². The van der Waals surface area contributed by atoms with Crippen LogP contribution in [0.15, 0.2) is 36.5 Å². The molecule has 0 saturated heterocycles. The summed E-state index contributed by atoms with van der Waals surface area (Å²) in [4.78, 5) is 4.40. The Morgan fingerprint density at radius 2 is 2.21 bits per heavy atom. The summed E-state index contributed by atoms with van der Waals surface area (Å²) < 4.78 is 0. The van der Waals surface area contributed by atoms with E-state index in [1.807, 2.05) is 12.3 Å². The molecular weight excluding hydrogens is 232 g/mol. The van der Waals surface area contributed by atoms with Gasteiger partial charge in [0.2, 0.25) is 0 Å². The molecule has 1 saturated carbocycles. The number of nitrogens with zero attached hydrogens (tertiary/aromatic N) is 1. The second-order valence-corrected chi connectivity index (χ2v) is 5.64. The van der Waals surface area contributed by atoms with E-state index in [-0.39, 0.29) is 0 Å². The zero-order valence-corrected chi connectivity index (χ0v) is 11.6. The number of hydrogen-bond donors (Lipinski definition) is 1. The van der Waals surface area contributed by atoms with Crippen LogP contribution in [0.3, 0.4) is 0 Å². The van der Waals surface area contributed by atoms with Gasteiger partial charge < -0.3 is 5.32 Å². The quantitative estimate of drug-likeness (QED) is 0.840. The average molecular weight is 254 g/mol. The normalized spacial score (nSPS) is 16.7. The fourth-order valence-corrected chi connectivity index (χ4v) is 2.65. The minimum atomic E-state index is 0.511. The predicted molar refractivity (Wildman–Crippen MR) is 80.1 cm³/mol. The van der Waals surface area contributed by atoms with Crippen LogP contribution in [0.5, 0.6) is 0 Å². The fourth-order valence-electron chi connectivity index (χ4n) is 2.65. The topological polar surface area (TPSA) is 24.9 Å². The van der Waals surface area contributed by atoms with Gasteiger partial charge in [-0.15, -0.1) is 0 Å². The molecule has 1 unspecified atom stereocenters. The predicted octanol–water partition coefficient (Wildman–Crippen LogP) is 4.08. The van der Waals surface area contributed by atoms with Gasteiger partial charge in [-0.25, -0.2) is 0 Å². The monoisotopic (exact) mass is 254 g/mol. The summed E-state index contributed by atoms with van der Waals surface area (Å²) in [5.74, 6) is 0.943. The van der Waals surface area contributed by atoms with Gasteiger partial charge in [-0.1, -0.05) is 31.9 Å². The molecule has 0 aliphatic heterocycles. The van der Waals surface area contributed by atoms with Gasteiger partial charge in [0.1, 0.15) is 0 Å². The smallest absolute Gasteiger partial charge is 0.0702 e. The summed E-state index contributed by atoms with van der Waals surface area (Å²) in [6.07, 6.45) is 7.17. The molecule has 0 radical (unpaired) electrons. The molecule has 2 heteroatoms. The highest BCUT2D eigenvalue weighted by Crippen LogP contribution is 2.38. The highest BCUT2D eigenvalue weighted by Gasteiger charge is 2.26. The maximum Gasteiger partial charge on any atom is 0.0702 e. The van der Waals surface area contributed by atoms with Crippen LogP contribution in [0.4, 0.5) is 0 Å². The van der Waals surface area contributed by atoms with Crippen LogP contribution in [-0.4, -0.2) is 11.5 Å². The zero-order valence-electron chi connectivity index (χ0n) is 11.6. The number of rotatable bonds is 6. The lowest BCUT2D eigenvalue weighted by Gasteiger charge is -2.19. The van der Waals surface area contributed by atoms with Crippen LogP contribution in [0.25, 0.3) is 10.9 Å². The summed E-state index contributed by atoms with van der Waals surface area (Å²) >= 11 is 0. The van der Waals surface area contributed by atoms with E-state index in [9.17, 15) is 0 Å². The van der Waals surface area contributed by atoms with E-state index >= 15 is 0 Å². The van der Waals surface area contributed by atoms with Crippen LogP contribution in [0.1, 0.15) is 44.2 Å². The Morgan fingerprint density at radius 1 is 1.32 bits per heavy atom. The second-order valence-electron chi connectivity index (χ2n) is 5.64. The maximum absolute atomic E-state index is 4.40. The van der Waals surface area contributed by atoms with Crippen molar-refractivity contribution < 1.29 is 0 Å². The molecule has 2 nitrogen and oxygen atoms in total. The molecule has 100 valence electrons. The SMILES string of the molecule is CCCNC(CC1CC1)c1ccc2ncccc2c1. The molecule has 19 heavy (non-hydrogen) atoms. The van der Waals surface area contributed by atoms with Crippen molar-refractivity contribution in [3.05, 3.63) is 42.1 Å². The van der Waals surface area contributed by atoms with Gasteiger partial charge in [0.15, 0.2) is 0 Å². The van der Waals surface area contributed by atoms with E-state index in [0.717, 1.165) is 18.0 Å². The lowest BCUT2D eigenvalue weighted by molar-refractivity contribution is 0.474. The third-order valence-corrected chi connectivity index (χ3v) is 3.94. The van der Waals surface area contributed by atoms with Crippen molar-refractivity contribution in [2.24, 2.45) is 5.92 Å². The lowest BCUT2D eigenvalue weighted by atomic mass is 9.99. The van der Waals surface area contributed by atoms with Gasteiger partial charge in [-0.3, -0.25) is 4.98 Å². The molecular formula is C17H22N2. The Labute approximate surface area is 115 Å². The number of nitrogens with one attached hydrogen (secondary N) is 1. The first-order valence-electron chi connectivity index (χ1n) is 7.45. The van der Waals surface area contributed by atoms with Crippen LogP contribution >= 0.6 is 0 Å². The Hall–Kier alpha value is -1.41. The summed E-state index contributed by atoms with van der Waals surface area (Å²) in [5, 5.41) is 4.95. The molecule has 1 aliphatic carbocycles. The number of benzene rings is 1. The van der Waals surface area contributed by atoms with Gasteiger partial charge >= 0.3 is 0 Å². The van der Waals surface area contributed by atoms with E-state index in [4.69, 9.17) is 0 Å². The highest BCUT2D eigenvalue weighted by atomic mass is 14.9. The standard InChI is InChI=1S/C17H22N2/c1-2-9-18-17(11-13-5-6-13)15-7-8-16-14(12-15)4-3-10-19-16/h3-4,7-8,10,12-13,17-18H,2,5-6,9,11H2,1H3. The van der Waals surface area contributed by atoms with Crippen molar-refractivity contribution >= 4 is 10.9 Å². The van der Waals surface area contributed by atoms with E-state index in [2.05, 4.69) is 41.5 Å². The van der Waals surface area contributed by atoms with Gasteiger partial charge in [0, 0.05) is 17.6 Å². The first-order valence-corrected chi connectivity index (χ1v) is 7.45. The Kier molecular flexibility index (Phi) is 3.79. The first kappa shape index (κ1) is 12.6. The Balaban J connectivity index is 1.84. The molecule has 0 spiro atoms. The minimum absolute atomic E-state index is 0.511. The molecule has 1 aromatic carbocycles. The molecule has 1 aliphatic rings. The fraction of sp³-hybridized carbons (Fsp3) is 0.471. The van der Waals surface area contributed by atoms with Gasteiger partial charge in [-0.2, -0.15) is 0 Å². The van der Waals surface area contributed by atoms with E-state index in [1.54, 1.807) is 0 Å². The second kappa shape index (κ2) is 5.70. The lowest BCUT2D eigenvalue weighted by Crippen LogP contribution is -2.22. The van der Waals surface area contributed by atoms with Crippen molar-refractivity contribution in [3.63, 3.8) is 0 Å². The summed E-state index contributed by atoms with van der Waals surface area (Å²) in [6, 6.07) is 11.4. The van der Waals surface area contributed by atoms with Crippen molar-refractivity contribution in [1.82, 2.24) is 10.3 Å². The zero-order chi connectivity index (χ0) is 13.1. The molecule has 0 amide bonds. The van der Waals surface area contributed by atoms with Crippen LogP contribution < -0.4 is 5.32 Å². The highest BCUT2D eigenvalue weighted by molar-refractivity contribution is 5.79. The average Bonchev–Trinajstić information content (AvgIpc) is 3.27. The largest absolute Gasteiger partial charge is 0.310 e. The summed E-state index contributed by atoms with van der Waals surface area (Å²) in [7, 11) is 0. The summed E-state index contributed by atoms with van der Waals surface area (Å²) in [5.41, 5.74) is 2.51. The molecule has 1 atom stereocenters. The van der Waals surface area contributed by atoms with E-state index < -0.39 is 0 Å². The third kappa shape index (κ3) is 3.13. The Bertz CT molecular complexity index is 546. The minimum Gasteiger partial charge on any atom is -0.310 e. The molecule has 1 N–H and O–H groups in total. The van der Waals surface area contributed by atoms with Gasteiger partial charge in [0.05, 0.1) is 5.52 Å². The molecule has 3 rings (SSSR count). The molecule has 1 fully saturated rings. The molecule has 1 aromatic heterocycles. The molecule has 0 bridgehead atoms. The van der Waals surface area contributed by atoms with Gasteiger partial charge in [0.25, 0.3) is 0 Å². The number of fused-ring (bicyclic) bond motifs is 1. The van der Waals surface area contributed by atoms with E-state index in [1.165, 1.54) is 36.6 Å². The van der Waals surface area contributed by atoms with Crippen molar-refractivity contribution in [3.8, 4) is 0 Å². The van der Waals surface area contributed by atoms with Crippen LogP contribution in [-0.2, 0) is 0 Å².